The van der Waals surface area contributed by atoms with E-state index in [1.807, 2.05) is 55.6 Å². The zero-order chi connectivity index (χ0) is 22.5. The average Bonchev–Trinajstić information content (AvgIpc) is 3.68. The molecule has 8 heteroatoms. The highest BCUT2D eigenvalue weighted by molar-refractivity contribution is 5.99. The molecular formula is C24H26N6O2. The van der Waals surface area contributed by atoms with Crippen molar-refractivity contribution < 1.29 is 9.59 Å². The van der Waals surface area contributed by atoms with Gasteiger partial charge in [0, 0.05) is 50.3 Å². The molecule has 0 aliphatic heterocycles. The van der Waals surface area contributed by atoms with Crippen molar-refractivity contribution in [1.29, 1.82) is 0 Å². The number of amides is 3. The van der Waals surface area contributed by atoms with Crippen molar-refractivity contribution in [1.82, 2.24) is 20.6 Å². The first kappa shape index (κ1) is 21.3. The largest absolute Gasteiger partial charge is 0.356 e. The third-order valence-electron chi connectivity index (χ3n) is 5.39. The summed E-state index contributed by atoms with van der Waals surface area (Å²) in [5, 5.41) is 8.32. The van der Waals surface area contributed by atoms with Crippen molar-refractivity contribution in [2.24, 2.45) is 0 Å². The van der Waals surface area contributed by atoms with E-state index in [4.69, 9.17) is 4.98 Å². The van der Waals surface area contributed by atoms with Crippen molar-refractivity contribution in [3.8, 4) is 11.3 Å². The fraction of sp³-hybridized carbons (Fsp3) is 0.250. The number of rotatable bonds is 7. The second-order valence-electron chi connectivity index (χ2n) is 7.74. The normalized spacial score (nSPS) is 12.7. The van der Waals surface area contributed by atoms with Gasteiger partial charge >= 0.3 is 6.03 Å². The highest BCUT2D eigenvalue weighted by atomic mass is 16.2. The van der Waals surface area contributed by atoms with Gasteiger partial charge in [0.25, 0.3) is 5.91 Å². The smallest absolute Gasteiger partial charge is 0.319 e. The molecule has 1 aromatic carbocycles. The lowest BCUT2D eigenvalue weighted by atomic mass is 10.1. The number of urea groups is 1. The van der Waals surface area contributed by atoms with E-state index in [0.717, 1.165) is 29.7 Å². The van der Waals surface area contributed by atoms with Gasteiger partial charge in [-0.1, -0.05) is 18.2 Å². The van der Waals surface area contributed by atoms with Gasteiger partial charge in [-0.2, -0.15) is 0 Å². The standard InChI is InChI=1S/C24H26N6O2/c1-25-23(31)20-11-12-21(29-22(20)30(2)19-9-10-19)17-5-7-18(8-6-17)28-24(32)27-15-16-4-3-13-26-14-16/h3-8,11-14,19H,9-10,15H2,1-2H3,(H,25,31)(H2,27,28,32). The van der Waals surface area contributed by atoms with Crippen LogP contribution < -0.4 is 20.9 Å². The average molecular weight is 431 g/mol. The van der Waals surface area contributed by atoms with E-state index in [9.17, 15) is 9.59 Å². The lowest BCUT2D eigenvalue weighted by Gasteiger charge is -2.21. The van der Waals surface area contributed by atoms with Crippen molar-refractivity contribution in [3.05, 3.63) is 72.1 Å². The zero-order valence-corrected chi connectivity index (χ0v) is 18.1. The molecule has 0 atom stereocenters. The van der Waals surface area contributed by atoms with Crippen molar-refractivity contribution >= 4 is 23.4 Å². The summed E-state index contributed by atoms with van der Waals surface area (Å²) in [5.74, 6) is 0.532. The molecule has 0 bridgehead atoms. The van der Waals surface area contributed by atoms with Crippen LogP contribution in [-0.2, 0) is 6.54 Å². The molecular weight excluding hydrogens is 404 g/mol. The molecule has 32 heavy (non-hydrogen) atoms. The van der Waals surface area contributed by atoms with Gasteiger partial charge in [-0.05, 0) is 48.7 Å². The van der Waals surface area contributed by atoms with Crippen molar-refractivity contribution in [3.63, 3.8) is 0 Å². The molecule has 3 N–H and O–H groups in total. The lowest BCUT2D eigenvalue weighted by molar-refractivity contribution is 0.0963. The summed E-state index contributed by atoms with van der Waals surface area (Å²) < 4.78 is 0. The van der Waals surface area contributed by atoms with Crippen LogP contribution in [0, 0.1) is 0 Å². The molecule has 1 saturated carbocycles. The first-order valence-electron chi connectivity index (χ1n) is 10.6. The van der Waals surface area contributed by atoms with Crippen LogP contribution in [0.4, 0.5) is 16.3 Å². The molecule has 3 aromatic rings. The summed E-state index contributed by atoms with van der Waals surface area (Å²) in [4.78, 5) is 35.4. The van der Waals surface area contributed by atoms with Gasteiger partial charge in [-0.15, -0.1) is 0 Å². The maximum Gasteiger partial charge on any atom is 0.319 e. The Hall–Kier alpha value is -3.94. The fourth-order valence-electron chi connectivity index (χ4n) is 3.41. The predicted octanol–water partition coefficient (Wildman–Crippen LogP) is 3.42. The van der Waals surface area contributed by atoms with Crippen LogP contribution in [0.2, 0.25) is 0 Å². The van der Waals surface area contributed by atoms with E-state index in [1.54, 1.807) is 19.4 Å². The maximum absolute atomic E-state index is 12.3. The van der Waals surface area contributed by atoms with Gasteiger partial charge < -0.3 is 20.9 Å². The minimum atomic E-state index is -0.289. The highest BCUT2D eigenvalue weighted by Gasteiger charge is 2.30. The minimum Gasteiger partial charge on any atom is -0.356 e. The molecule has 164 valence electrons. The van der Waals surface area contributed by atoms with E-state index < -0.39 is 0 Å². The molecule has 8 nitrogen and oxygen atoms in total. The van der Waals surface area contributed by atoms with Gasteiger partial charge in [0.2, 0.25) is 0 Å². The van der Waals surface area contributed by atoms with Crippen LogP contribution >= 0.6 is 0 Å². The van der Waals surface area contributed by atoms with E-state index in [-0.39, 0.29) is 11.9 Å². The number of carbonyl (C=O) groups is 2. The number of aromatic nitrogens is 2. The Kier molecular flexibility index (Phi) is 6.30. The molecule has 0 saturated heterocycles. The number of carbonyl (C=O) groups excluding carboxylic acids is 2. The SMILES string of the molecule is CNC(=O)c1ccc(-c2ccc(NC(=O)NCc3cccnc3)cc2)nc1N(C)C1CC1. The summed E-state index contributed by atoms with van der Waals surface area (Å²) in [7, 11) is 3.60. The first-order chi connectivity index (χ1) is 15.5. The van der Waals surface area contributed by atoms with E-state index in [2.05, 4.69) is 25.8 Å². The summed E-state index contributed by atoms with van der Waals surface area (Å²) in [6.07, 6.45) is 5.63. The number of hydrogen-bond acceptors (Lipinski definition) is 5. The predicted molar refractivity (Wildman–Crippen MR) is 125 cm³/mol. The summed E-state index contributed by atoms with van der Waals surface area (Å²) in [6.45, 7) is 0.399. The number of nitrogens with zero attached hydrogens (tertiary/aromatic N) is 3. The molecule has 0 radical (unpaired) electrons. The summed E-state index contributed by atoms with van der Waals surface area (Å²) >= 11 is 0. The van der Waals surface area contributed by atoms with Crippen molar-refractivity contribution in [2.45, 2.75) is 25.4 Å². The summed E-state index contributed by atoms with van der Waals surface area (Å²) in [5.41, 5.74) is 3.84. The molecule has 1 fully saturated rings. The first-order valence-corrected chi connectivity index (χ1v) is 10.6. The number of benzene rings is 1. The molecule has 0 unspecified atom stereocenters. The zero-order valence-electron chi connectivity index (χ0n) is 18.1. The van der Waals surface area contributed by atoms with Gasteiger partial charge in [0.15, 0.2) is 0 Å². The number of pyridine rings is 2. The second kappa shape index (κ2) is 9.47. The van der Waals surface area contributed by atoms with E-state index >= 15 is 0 Å². The Balaban J connectivity index is 1.45. The van der Waals surface area contributed by atoms with Crippen LogP contribution in [0.15, 0.2) is 60.9 Å². The molecule has 0 spiro atoms. The molecule has 1 aliphatic rings. The highest BCUT2D eigenvalue weighted by Crippen LogP contribution is 2.32. The molecule has 2 heterocycles. The molecule has 3 amide bonds. The van der Waals surface area contributed by atoms with Crippen LogP contribution in [0.3, 0.4) is 0 Å². The maximum atomic E-state index is 12.3. The van der Waals surface area contributed by atoms with Crippen molar-refractivity contribution in [2.75, 3.05) is 24.3 Å². The quantitative estimate of drug-likeness (QED) is 0.533. The monoisotopic (exact) mass is 430 g/mol. The molecule has 4 rings (SSSR count). The topological polar surface area (TPSA) is 99.2 Å². The Morgan fingerprint density at radius 1 is 1.09 bits per heavy atom. The Morgan fingerprint density at radius 3 is 2.53 bits per heavy atom. The van der Waals surface area contributed by atoms with Crippen LogP contribution in [0.25, 0.3) is 11.3 Å². The fourth-order valence-corrected chi connectivity index (χ4v) is 3.41. The third kappa shape index (κ3) is 5.03. The number of nitrogens with one attached hydrogen (secondary N) is 3. The van der Waals surface area contributed by atoms with Crippen LogP contribution in [-0.4, -0.2) is 42.0 Å². The number of anilines is 2. The summed E-state index contributed by atoms with van der Waals surface area (Å²) in [6, 6.07) is 15.0. The van der Waals surface area contributed by atoms with Gasteiger partial charge in [-0.25, -0.2) is 9.78 Å². The second-order valence-corrected chi connectivity index (χ2v) is 7.74. The third-order valence-corrected chi connectivity index (χ3v) is 5.39. The van der Waals surface area contributed by atoms with Gasteiger partial charge in [0.1, 0.15) is 5.82 Å². The van der Waals surface area contributed by atoms with E-state index in [1.165, 1.54) is 0 Å². The van der Waals surface area contributed by atoms with E-state index in [0.29, 0.717) is 29.7 Å². The Morgan fingerprint density at radius 2 is 1.88 bits per heavy atom. The minimum absolute atomic E-state index is 0.150. The Labute approximate surface area is 187 Å². The van der Waals surface area contributed by atoms with Gasteiger partial charge in [0.05, 0.1) is 11.3 Å². The van der Waals surface area contributed by atoms with Crippen LogP contribution in [0.5, 0.6) is 0 Å². The Bertz CT molecular complexity index is 1100. The van der Waals surface area contributed by atoms with Gasteiger partial charge in [-0.3, -0.25) is 9.78 Å². The molecule has 1 aliphatic carbocycles. The lowest BCUT2D eigenvalue weighted by Crippen LogP contribution is -2.28. The van der Waals surface area contributed by atoms with Crippen LogP contribution in [0.1, 0.15) is 28.8 Å². The number of hydrogen-bond donors (Lipinski definition) is 3. The molecule has 2 aromatic heterocycles.